The van der Waals surface area contributed by atoms with E-state index in [2.05, 4.69) is 20.0 Å². The summed E-state index contributed by atoms with van der Waals surface area (Å²) in [7, 11) is 2.00. The van der Waals surface area contributed by atoms with E-state index in [0.717, 1.165) is 12.1 Å². The number of hydrogen-bond acceptors (Lipinski definition) is 4. The van der Waals surface area contributed by atoms with Crippen LogP contribution in [0, 0.1) is 0 Å². The van der Waals surface area contributed by atoms with Crippen LogP contribution in [0.3, 0.4) is 0 Å². The molecule has 0 bridgehead atoms. The summed E-state index contributed by atoms with van der Waals surface area (Å²) in [4.78, 5) is 9.13. The fourth-order valence-electron chi connectivity index (χ4n) is 2.55. The molecule has 28 heavy (non-hydrogen) atoms. The zero-order chi connectivity index (χ0) is 20.3. The van der Waals surface area contributed by atoms with Gasteiger partial charge in [0.15, 0.2) is 0 Å². The molecule has 2 aromatic heterocycles. The first-order valence-electron chi connectivity index (χ1n) is 8.25. The van der Waals surface area contributed by atoms with E-state index < -0.39 is 22.7 Å². The molecule has 10 heteroatoms. The summed E-state index contributed by atoms with van der Waals surface area (Å²) < 4.78 is 54.5. The van der Waals surface area contributed by atoms with Gasteiger partial charge in [-0.1, -0.05) is 12.1 Å². The van der Waals surface area contributed by atoms with E-state index in [1.165, 1.54) is 18.3 Å². The second-order valence-corrected chi connectivity index (χ2v) is 7.43. The Morgan fingerprint density at radius 3 is 2.46 bits per heavy atom. The Morgan fingerprint density at radius 2 is 1.89 bits per heavy atom. The number of benzene rings is 1. The average Bonchev–Trinajstić information content (AvgIpc) is 3.11. The molecule has 1 aromatic carbocycles. The van der Waals surface area contributed by atoms with E-state index in [0.29, 0.717) is 27.5 Å². The third-order valence-corrected chi connectivity index (χ3v) is 5.01. The van der Waals surface area contributed by atoms with E-state index in [1.807, 2.05) is 7.05 Å². The predicted molar refractivity (Wildman–Crippen MR) is 101 cm³/mol. The molecule has 1 atom stereocenters. The minimum absolute atomic E-state index is 0.277. The Morgan fingerprint density at radius 1 is 1.18 bits per heavy atom. The van der Waals surface area contributed by atoms with Gasteiger partial charge in [0.1, 0.15) is 16.8 Å². The van der Waals surface area contributed by atoms with Crippen LogP contribution in [-0.4, -0.2) is 25.8 Å². The number of imidazole rings is 1. The average molecular weight is 409 g/mol. The Bertz CT molecular complexity index is 986. The van der Waals surface area contributed by atoms with E-state index in [9.17, 15) is 17.4 Å². The first-order valence-corrected chi connectivity index (χ1v) is 9.40. The summed E-state index contributed by atoms with van der Waals surface area (Å²) >= 11 is 0. The zero-order valence-corrected chi connectivity index (χ0v) is 15.9. The molecule has 148 valence electrons. The fourth-order valence-corrected chi connectivity index (χ4v) is 3.16. The lowest BCUT2D eigenvalue weighted by atomic mass is 10.1. The van der Waals surface area contributed by atoms with E-state index in [-0.39, 0.29) is 6.54 Å². The number of halogens is 3. The van der Waals surface area contributed by atoms with Gasteiger partial charge in [0.05, 0.1) is 22.5 Å². The fraction of sp³-hybridized carbons (Fsp3) is 0.222. The summed E-state index contributed by atoms with van der Waals surface area (Å²) in [5.74, 6) is 0.496. The molecule has 0 aliphatic heterocycles. The smallest absolute Gasteiger partial charge is 0.365 e. The normalized spacial score (nSPS) is 12.8. The number of hydrogen-bond donors (Lipinski definition) is 2. The highest BCUT2D eigenvalue weighted by atomic mass is 32.2. The highest BCUT2D eigenvalue weighted by molar-refractivity contribution is 7.83. The van der Waals surface area contributed by atoms with Crippen molar-refractivity contribution in [3.63, 3.8) is 0 Å². The molecule has 3 rings (SSSR count). The molecule has 0 radical (unpaired) electrons. The lowest BCUT2D eigenvalue weighted by Gasteiger charge is -2.12. The van der Waals surface area contributed by atoms with Gasteiger partial charge in [0.25, 0.3) is 0 Å². The minimum atomic E-state index is -4.36. The summed E-state index contributed by atoms with van der Waals surface area (Å²) in [5, 5.41) is 3.12. The molecule has 1 unspecified atom stereocenters. The summed E-state index contributed by atoms with van der Waals surface area (Å²) in [6, 6.07) is 6.64. The van der Waals surface area contributed by atoms with Crippen LogP contribution in [0.25, 0.3) is 11.3 Å². The number of nitrogens with one attached hydrogen (secondary N) is 2. The molecule has 0 amide bonds. The number of alkyl halides is 3. The van der Waals surface area contributed by atoms with Crippen LogP contribution >= 0.6 is 0 Å². The van der Waals surface area contributed by atoms with Crippen molar-refractivity contribution in [2.75, 3.05) is 12.4 Å². The third kappa shape index (κ3) is 4.57. The first kappa shape index (κ1) is 20.0. The van der Waals surface area contributed by atoms with Crippen molar-refractivity contribution in [1.82, 2.24) is 19.3 Å². The molecule has 0 fully saturated rings. The monoisotopic (exact) mass is 409 g/mol. The molecule has 0 aliphatic carbocycles. The second-order valence-electron chi connectivity index (χ2n) is 6.01. The molecule has 0 spiro atoms. The minimum Gasteiger partial charge on any atom is -0.365 e. The SMILES string of the molecule is CNS(=O)c1cnc(NCc2ccc(C(F)(F)F)cc2)c(-c2cn(C)cn2)c1. The van der Waals surface area contributed by atoms with Crippen molar-refractivity contribution in [2.45, 2.75) is 17.6 Å². The largest absolute Gasteiger partial charge is 0.416 e. The van der Waals surface area contributed by atoms with Crippen LogP contribution in [-0.2, 0) is 30.8 Å². The van der Waals surface area contributed by atoms with Crippen molar-refractivity contribution in [3.05, 3.63) is 60.2 Å². The van der Waals surface area contributed by atoms with Crippen molar-refractivity contribution in [3.8, 4) is 11.3 Å². The molecule has 3 aromatic rings. The summed E-state index contributed by atoms with van der Waals surface area (Å²) in [6.07, 6.45) is 0.551. The van der Waals surface area contributed by atoms with Gasteiger partial charge in [-0.05, 0) is 30.8 Å². The summed E-state index contributed by atoms with van der Waals surface area (Å²) in [6.45, 7) is 0.277. The molecule has 0 saturated carbocycles. The van der Waals surface area contributed by atoms with Crippen LogP contribution in [0.1, 0.15) is 11.1 Å². The number of anilines is 1. The van der Waals surface area contributed by atoms with Gasteiger partial charge in [0, 0.05) is 31.5 Å². The standard InChI is InChI=1S/C18H18F3N5OS/c1-22-28(27)14-7-15(16-10-26(2)11-25-16)17(24-9-14)23-8-12-3-5-13(6-4-12)18(19,20)21/h3-7,9-11,22H,8H2,1-2H3,(H,23,24). The zero-order valence-electron chi connectivity index (χ0n) is 15.1. The van der Waals surface area contributed by atoms with Crippen LogP contribution in [0.15, 0.2) is 53.9 Å². The van der Waals surface area contributed by atoms with Crippen molar-refractivity contribution < 1.29 is 17.4 Å². The summed E-state index contributed by atoms with van der Waals surface area (Å²) in [5.41, 5.74) is 1.26. The molecule has 2 N–H and O–H groups in total. The number of aryl methyl sites for hydroxylation is 1. The van der Waals surface area contributed by atoms with Crippen LogP contribution < -0.4 is 10.0 Å². The number of pyridine rings is 1. The van der Waals surface area contributed by atoms with Crippen molar-refractivity contribution in [1.29, 1.82) is 0 Å². The van der Waals surface area contributed by atoms with Gasteiger partial charge in [0.2, 0.25) is 0 Å². The Hall–Kier alpha value is -2.72. The van der Waals surface area contributed by atoms with Gasteiger partial charge in [-0.25, -0.2) is 18.9 Å². The number of aromatic nitrogens is 3. The van der Waals surface area contributed by atoms with Gasteiger partial charge in [-0.2, -0.15) is 13.2 Å². The molecule has 2 heterocycles. The molecule has 0 saturated heterocycles. The van der Waals surface area contributed by atoms with Gasteiger partial charge >= 0.3 is 6.18 Å². The highest BCUT2D eigenvalue weighted by Crippen LogP contribution is 2.30. The lowest BCUT2D eigenvalue weighted by molar-refractivity contribution is -0.137. The van der Waals surface area contributed by atoms with Gasteiger partial charge in [-0.3, -0.25) is 0 Å². The lowest BCUT2D eigenvalue weighted by Crippen LogP contribution is -2.12. The maximum Gasteiger partial charge on any atom is 0.416 e. The second kappa shape index (κ2) is 8.11. The molecule has 0 aliphatic rings. The molecular weight excluding hydrogens is 391 g/mol. The third-order valence-electron chi connectivity index (χ3n) is 3.98. The number of rotatable bonds is 6. The quantitative estimate of drug-likeness (QED) is 0.655. The molecule has 6 nitrogen and oxygen atoms in total. The van der Waals surface area contributed by atoms with Gasteiger partial charge < -0.3 is 9.88 Å². The van der Waals surface area contributed by atoms with E-state index in [4.69, 9.17) is 0 Å². The van der Waals surface area contributed by atoms with Crippen LogP contribution in [0.4, 0.5) is 19.0 Å². The Balaban J connectivity index is 1.86. The van der Waals surface area contributed by atoms with Crippen molar-refractivity contribution in [2.24, 2.45) is 7.05 Å². The topological polar surface area (TPSA) is 71.8 Å². The van der Waals surface area contributed by atoms with E-state index in [1.54, 1.807) is 30.2 Å². The Labute approximate surface area is 162 Å². The van der Waals surface area contributed by atoms with Crippen molar-refractivity contribution >= 4 is 16.8 Å². The highest BCUT2D eigenvalue weighted by Gasteiger charge is 2.29. The van der Waals surface area contributed by atoms with E-state index >= 15 is 0 Å². The van der Waals surface area contributed by atoms with Crippen LogP contribution in [0.5, 0.6) is 0 Å². The number of nitrogens with zero attached hydrogens (tertiary/aromatic N) is 3. The Kier molecular flexibility index (Phi) is 5.80. The molecular formula is C18H18F3N5OS. The maximum atomic E-state index is 12.7. The first-order chi connectivity index (χ1) is 13.3. The van der Waals surface area contributed by atoms with Crippen LogP contribution in [0.2, 0.25) is 0 Å². The predicted octanol–water partition coefficient (Wildman–Crippen LogP) is 3.36. The van der Waals surface area contributed by atoms with Gasteiger partial charge in [-0.15, -0.1) is 0 Å². The maximum absolute atomic E-state index is 12.7.